The van der Waals surface area contributed by atoms with Crippen LogP contribution in [0.2, 0.25) is 0 Å². The fourth-order valence-corrected chi connectivity index (χ4v) is 9.70. The Bertz CT molecular complexity index is 2230. The first-order valence-corrected chi connectivity index (χ1v) is 24.4. The largest absolute Gasteiger partial charge is 0.459 e. The Hall–Kier alpha value is -5.84. The number of rotatable bonds is 22. The molecule has 0 aromatic heterocycles. The van der Waals surface area contributed by atoms with Gasteiger partial charge in [-0.15, -0.1) is 0 Å². The molecule has 10 heteroatoms. The van der Waals surface area contributed by atoms with Crippen LogP contribution in [0.15, 0.2) is 109 Å². The van der Waals surface area contributed by atoms with Gasteiger partial charge in [0.05, 0.1) is 11.1 Å². The van der Waals surface area contributed by atoms with E-state index in [1.54, 1.807) is 103 Å². The predicted octanol–water partition coefficient (Wildman–Crippen LogP) is 11.1. The van der Waals surface area contributed by atoms with Crippen molar-refractivity contribution in [3.8, 4) is 0 Å². The number of allylic oxidation sites excluding steroid dienone is 1. The zero-order chi connectivity index (χ0) is 47.8. The average molecular weight is 911 g/mol. The predicted molar refractivity (Wildman–Crippen MR) is 266 cm³/mol. The van der Waals surface area contributed by atoms with Crippen LogP contribution < -0.4 is 11.5 Å². The number of carbonyl (C=O) groups is 4. The lowest BCUT2D eigenvalue weighted by molar-refractivity contribution is -0.230. The molecule has 4 aromatic rings. The highest BCUT2D eigenvalue weighted by molar-refractivity contribution is 6.01. The summed E-state index contributed by atoms with van der Waals surface area (Å²) >= 11 is 0. The minimum absolute atomic E-state index is 0.0851. The number of hydrogen-bond donors (Lipinski definition) is 4. The average Bonchev–Trinajstić information content (AvgIpc) is 3.33. The van der Waals surface area contributed by atoms with Gasteiger partial charge in [0.15, 0.2) is 5.78 Å². The van der Waals surface area contributed by atoms with Crippen molar-refractivity contribution in [2.24, 2.45) is 17.3 Å². The second kappa shape index (κ2) is 24.3. The van der Waals surface area contributed by atoms with Crippen LogP contribution in [0.25, 0.3) is 12.2 Å². The summed E-state index contributed by atoms with van der Waals surface area (Å²) in [5, 5.41) is 24.5. The van der Waals surface area contributed by atoms with Crippen LogP contribution in [-0.4, -0.2) is 51.7 Å². The summed E-state index contributed by atoms with van der Waals surface area (Å²) in [6.07, 6.45) is 19.7. The van der Waals surface area contributed by atoms with Crippen molar-refractivity contribution in [3.63, 3.8) is 0 Å². The van der Waals surface area contributed by atoms with Crippen LogP contribution in [-0.2, 0) is 31.9 Å². The lowest BCUT2D eigenvalue weighted by Gasteiger charge is -2.42. The van der Waals surface area contributed by atoms with E-state index in [0.717, 1.165) is 57.4 Å². The SMILES string of the molecule is CCCCC1CCC(OC(=O)c2ccc(/C=C/C(=O)CC(Cc3ccc(N)cc3)(Cc3ccc(N)cc3)C(O)(O)C(=O)/C=C/c3ccc(C(=O)OC4CCC(CCCC)CC4)cc3)cc2)CC1. The molecule has 0 heterocycles. The van der Waals surface area contributed by atoms with Gasteiger partial charge in [0.1, 0.15) is 12.2 Å². The van der Waals surface area contributed by atoms with Crippen molar-refractivity contribution >= 4 is 47.0 Å². The molecular weight excluding hydrogens is 841 g/mol. The second-order valence-electron chi connectivity index (χ2n) is 19.1. The van der Waals surface area contributed by atoms with Gasteiger partial charge in [-0.1, -0.05) is 113 Å². The highest BCUT2D eigenvalue weighted by Crippen LogP contribution is 2.43. The molecule has 2 fully saturated rings. The van der Waals surface area contributed by atoms with Gasteiger partial charge in [0.2, 0.25) is 11.6 Å². The van der Waals surface area contributed by atoms with Crippen molar-refractivity contribution in [1.82, 2.24) is 0 Å². The Morgan fingerprint density at radius 1 is 0.567 bits per heavy atom. The van der Waals surface area contributed by atoms with Gasteiger partial charge < -0.3 is 31.2 Å². The number of unbranched alkanes of at least 4 members (excludes halogenated alkanes) is 2. The normalized spacial score (nSPS) is 19.0. The van der Waals surface area contributed by atoms with E-state index in [4.69, 9.17) is 20.9 Å². The minimum Gasteiger partial charge on any atom is -0.459 e. The number of benzene rings is 4. The quantitative estimate of drug-likeness (QED) is 0.0257. The molecule has 2 aliphatic rings. The molecule has 0 atom stereocenters. The van der Waals surface area contributed by atoms with E-state index < -0.39 is 35.2 Å². The third-order valence-electron chi connectivity index (χ3n) is 13.9. The molecule has 0 saturated heterocycles. The number of hydrogen-bond acceptors (Lipinski definition) is 10. The van der Waals surface area contributed by atoms with Crippen molar-refractivity contribution in [3.05, 3.63) is 143 Å². The Morgan fingerprint density at radius 2 is 0.955 bits per heavy atom. The maximum atomic E-state index is 14.2. The fraction of sp³-hybridized carbons (Fsp3) is 0.439. The lowest BCUT2D eigenvalue weighted by atomic mass is 9.65. The number of anilines is 2. The minimum atomic E-state index is -3.06. The van der Waals surface area contributed by atoms with Crippen LogP contribution in [0.4, 0.5) is 11.4 Å². The van der Waals surface area contributed by atoms with Crippen molar-refractivity contribution in [2.75, 3.05) is 11.5 Å². The number of nitrogens with two attached hydrogens (primary N) is 2. The van der Waals surface area contributed by atoms with E-state index in [1.165, 1.54) is 50.7 Å². The molecule has 0 unspecified atom stereocenters. The molecule has 6 N–H and O–H groups in total. The highest BCUT2D eigenvalue weighted by Gasteiger charge is 2.54. The molecular formula is C57H70N2O8. The maximum absolute atomic E-state index is 14.2. The molecule has 0 bridgehead atoms. The molecule has 10 nitrogen and oxygen atoms in total. The number of nitrogen functional groups attached to an aromatic ring is 2. The molecule has 2 saturated carbocycles. The Balaban J connectivity index is 1.17. The van der Waals surface area contributed by atoms with Crippen LogP contribution in [0.3, 0.4) is 0 Å². The number of carbonyl (C=O) groups excluding carboxylic acids is 4. The van der Waals surface area contributed by atoms with Crippen molar-refractivity contribution < 1.29 is 38.9 Å². The molecule has 356 valence electrons. The summed E-state index contributed by atoms with van der Waals surface area (Å²) in [5.41, 5.74) is 14.5. The number of ketones is 2. The van der Waals surface area contributed by atoms with Gasteiger partial charge in [0.25, 0.3) is 0 Å². The van der Waals surface area contributed by atoms with E-state index in [0.29, 0.717) is 56.6 Å². The molecule has 4 aromatic carbocycles. The summed E-state index contributed by atoms with van der Waals surface area (Å²) in [5.74, 6) is -3.92. The molecule has 0 aliphatic heterocycles. The zero-order valence-electron chi connectivity index (χ0n) is 39.4. The number of esters is 2. The monoisotopic (exact) mass is 911 g/mol. The first-order chi connectivity index (χ1) is 32.2. The van der Waals surface area contributed by atoms with E-state index in [9.17, 15) is 29.4 Å². The topological polar surface area (TPSA) is 179 Å². The fourth-order valence-electron chi connectivity index (χ4n) is 9.70. The van der Waals surface area contributed by atoms with Gasteiger partial charge in [-0.2, -0.15) is 0 Å². The molecule has 67 heavy (non-hydrogen) atoms. The van der Waals surface area contributed by atoms with Gasteiger partial charge in [-0.05, 0) is 159 Å². The molecule has 0 radical (unpaired) electrons. The smallest absolute Gasteiger partial charge is 0.338 e. The van der Waals surface area contributed by atoms with Gasteiger partial charge in [0, 0.05) is 23.2 Å². The van der Waals surface area contributed by atoms with E-state index in [-0.39, 0.29) is 31.0 Å². The standard InChI is InChI=1S/C57H70N2O8/c1-3-5-7-40-18-32-51(33-19-40)66-54(62)46-23-9-42(10-24-46)17-31-50(60)39-56(37-44-13-27-48(58)28-14-44,38-45-15-29-49(59)30-16-45)57(64,65)53(61)36-22-43-11-25-47(26-12-43)55(63)67-52-34-20-41(21-35-52)8-6-4-2/h9-17,22-31,36,40-41,51-52,64-65H,3-8,18-21,32-35,37-39,58-59H2,1-2H3/b31-17+,36-22+. The van der Waals surface area contributed by atoms with Crippen molar-refractivity contribution in [1.29, 1.82) is 0 Å². The van der Waals surface area contributed by atoms with Crippen molar-refractivity contribution in [2.45, 2.75) is 141 Å². The van der Waals surface area contributed by atoms with Gasteiger partial charge in [-0.25, -0.2) is 9.59 Å². The molecule has 0 spiro atoms. The van der Waals surface area contributed by atoms with Crippen LogP contribution >= 0.6 is 0 Å². The lowest BCUT2D eigenvalue weighted by Crippen LogP contribution is -2.57. The highest BCUT2D eigenvalue weighted by atomic mass is 16.5. The maximum Gasteiger partial charge on any atom is 0.338 e. The first kappa shape index (κ1) is 50.6. The van der Waals surface area contributed by atoms with Crippen LogP contribution in [0.1, 0.15) is 153 Å². The van der Waals surface area contributed by atoms with E-state index in [2.05, 4.69) is 13.8 Å². The van der Waals surface area contributed by atoms with Crippen LogP contribution in [0.5, 0.6) is 0 Å². The summed E-state index contributed by atoms with van der Waals surface area (Å²) in [6.45, 7) is 4.41. The number of aliphatic hydroxyl groups is 2. The third-order valence-corrected chi connectivity index (χ3v) is 13.9. The Kier molecular flexibility index (Phi) is 18.3. The molecule has 6 rings (SSSR count). The molecule has 2 aliphatic carbocycles. The summed E-state index contributed by atoms with van der Waals surface area (Å²) in [6, 6.07) is 27.0. The zero-order valence-corrected chi connectivity index (χ0v) is 39.4. The van der Waals surface area contributed by atoms with E-state index in [1.807, 2.05) is 0 Å². The van der Waals surface area contributed by atoms with Crippen LogP contribution in [0, 0.1) is 17.3 Å². The summed E-state index contributed by atoms with van der Waals surface area (Å²) < 4.78 is 11.7. The Morgan fingerprint density at radius 3 is 1.34 bits per heavy atom. The number of ether oxygens (including phenoxy) is 2. The van der Waals surface area contributed by atoms with E-state index >= 15 is 0 Å². The molecule has 0 amide bonds. The summed E-state index contributed by atoms with van der Waals surface area (Å²) in [7, 11) is 0. The summed E-state index contributed by atoms with van der Waals surface area (Å²) in [4.78, 5) is 54.4. The Labute approximate surface area is 396 Å². The van der Waals surface area contributed by atoms with Gasteiger partial charge >= 0.3 is 11.9 Å². The third kappa shape index (κ3) is 14.6. The second-order valence-corrected chi connectivity index (χ2v) is 19.1. The van der Waals surface area contributed by atoms with Gasteiger partial charge in [-0.3, -0.25) is 9.59 Å². The first-order valence-electron chi connectivity index (χ1n) is 24.4.